The fraction of sp³-hybridized carbons (Fsp3) is 0.385. The van der Waals surface area contributed by atoms with Crippen molar-refractivity contribution in [1.82, 2.24) is 24.9 Å². The predicted molar refractivity (Wildman–Crippen MR) is 80.4 cm³/mol. The van der Waals surface area contributed by atoms with E-state index in [0.29, 0.717) is 5.69 Å². The highest BCUT2D eigenvalue weighted by Gasteiger charge is 2.26. The lowest BCUT2D eigenvalue weighted by Crippen LogP contribution is -2.41. The highest BCUT2D eigenvalue weighted by Crippen LogP contribution is 2.16. The van der Waals surface area contributed by atoms with Crippen LogP contribution in [-0.4, -0.2) is 45.7 Å². The average Bonchev–Trinajstić information content (AvgIpc) is 3.00. The SMILES string of the molecule is CC(C)C[C@H](NS(=O)(=O)c1cccc(-n2cnnn2)c1)C(=O)O. The highest BCUT2D eigenvalue weighted by molar-refractivity contribution is 7.89. The van der Waals surface area contributed by atoms with E-state index < -0.39 is 22.0 Å². The lowest BCUT2D eigenvalue weighted by molar-refractivity contribution is -0.139. The summed E-state index contributed by atoms with van der Waals surface area (Å²) >= 11 is 0. The van der Waals surface area contributed by atoms with Crippen LogP contribution in [0.3, 0.4) is 0 Å². The fourth-order valence-corrected chi connectivity index (χ4v) is 3.24. The van der Waals surface area contributed by atoms with Crippen molar-refractivity contribution >= 4 is 16.0 Å². The molecule has 0 saturated carbocycles. The molecule has 0 aliphatic heterocycles. The van der Waals surface area contributed by atoms with Crippen LogP contribution in [0.5, 0.6) is 0 Å². The molecule has 1 aromatic carbocycles. The van der Waals surface area contributed by atoms with Crippen LogP contribution in [-0.2, 0) is 14.8 Å². The zero-order chi connectivity index (χ0) is 17.0. The number of carbonyl (C=O) groups is 1. The lowest BCUT2D eigenvalue weighted by Gasteiger charge is -2.16. The Kier molecular flexibility index (Phi) is 5.06. The number of hydrogen-bond acceptors (Lipinski definition) is 6. The maximum atomic E-state index is 12.4. The Morgan fingerprint density at radius 2 is 2.13 bits per heavy atom. The first-order valence-electron chi connectivity index (χ1n) is 6.88. The van der Waals surface area contributed by atoms with Crippen LogP contribution in [0.25, 0.3) is 5.69 Å². The standard InChI is InChI=1S/C13H17N5O4S/c1-9(2)6-12(13(19)20)15-23(21,22)11-5-3-4-10(7-11)18-8-14-16-17-18/h3-5,7-9,12,15H,6H2,1-2H3,(H,19,20)/t12-/m0/s1. The third-order valence-electron chi connectivity index (χ3n) is 3.04. The second-order valence-corrected chi connectivity index (χ2v) is 7.11. The predicted octanol–water partition coefficient (Wildman–Crippen LogP) is 0.440. The molecule has 0 aliphatic rings. The van der Waals surface area contributed by atoms with Gasteiger partial charge < -0.3 is 5.11 Å². The molecule has 1 aromatic heterocycles. The fourth-order valence-electron chi connectivity index (χ4n) is 2.00. The number of tetrazole rings is 1. The van der Waals surface area contributed by atoms with Gasteiger partial charge in [-0.25, -0.2) is 13.1 Å². The van der Waals surface area contributed by atoms with Crippen LogP contribution < -0.4 is 4.72 Å². The van der Waals surface area contributed by atoms with Gasteiger partial charge in [-0.3, -0.25) is 4.79 Å². The molecule has 2 N–H and O–H groups in total. The van der Waals surface area contributed by atoms with Crippen LogP contribution in [0.1, 0.15) is 20.3 Å². The number of aromatic nitrogens is 4. The molecule has 2 aromatic rings. The van der Waals surface area contributed by atoms with Crippen molar-refractivity contribution in [3.63, 3.8) is 0 Å². The number of nitrogens with zero attached hydrogens (tertiary/aromatic N) is 4. The first-order chi connectivity index (χ1) is 10.8. The number of sulfonamides is 1. The second-order valence-electron chi connectivity index (χ2n) is 5.39. The summed E-state index contributed by atoms with van der Waals surface area (Å²) in [6, 6.07) is 4.73. The molecular weight excluding hydrogens is 322 g/mol. The molecule has 0 bridgehead atoms. The van der Waals surface area contributed by atoms with Gasteiger partial charge in [0.05, 0.1) is 10.6 Å². The van der Waals surface area contributed by atoms with Gasteiger partial charge in [-0.2, -0.15) is 4.72 Å². The van der Waals surface area contributed by atoms with E-state index in [1.807, 2.05) is 13.8 Å². The molecule has 1 atom stereocenters. The van der Waals surface area contributed by atoms with Crippen molar-refractivity contribution in [3.05, 3.63) is 30.6 Å². The van der Waals surface area contributed by atoms with Gasteiger partial charge >= 0.3 is 5.97 Å². The third kappa shape index (κ3) is 4.33. The van der Waals surface area contributed by atoms with Gasteiger partial charge in [0.2, 0.25) is 10.0 Å². The van der Waals surface area contributed by atoms with Gasteiger partial charge in [0.1, 0.15) is 12.4 Å². The molecule has 1 heterocycles. The number of nitrogens with one attached hydrogen (secondary N) is 1. The van der Waals surface area contributed by atoms with E-state index in [-0.39, 0.29) is 17.2 Å². The topological polar surface area (TPSA) is 127 Å². The molecule has 0 radical (unpaired) electrons. The largest absolute Gasteiger partial charge is 0.480 e. The zero-order valence-electron chi connectivity index (χ0n) is 12.6. The molecule has 23 heavy (non-hydrogen) atoms. The van der Waals surface area contributed by atoms with Crippen LogP contribution in [0.4, 0.5) is 0 Å². The van der Waals surface area contributed by atoms with Crippen molar-refractivity contribution < 1.29 is 18.3 Å². The molecule has 0 aliphatic carbocycles. The molecule has 0 amide bonds. The van der Waals surface area contributed by atoms with Gasteiger partial charge in [-0.05, 0) is 41.0 Å². The van der Waals surface area contributed by atoms with Crippen molar-refractivity contribution in [2.24, 2.45) is 5.92 Å². The summed E-state index contributed by atoms with van der Waals surface area (Å²) in [5, 5.41) is 19.8. The summed E-state index contributed by atoms with van der Waals surface area (Å²) in [6.07, 6.45) is 1.53. The Hall–Kier alpha value is -2.33. The average molecular weight is 339 g/mol. The minimum absolute atomic E-state index is 0.0337. The van der Waals surface area contributed by atoms with Crippen LogP contribution >= 0.6 is 0 Å². The van der Waals surface area contributed by atoms with E-state index in [1.165, 1.54) is 29.2 Å². The number of aliphatic carboxylic acids is 1. The smallest absolute Gasteiger partial charge is 0.321 e. The van der Waals surface area contributed by atoms with Crippen molar-refractivity contribution in [3.8, 4) is 5.69 Å². The van der Waals surface area contributed by atoms with E-state index in [0.717, 1.165) is 0 Å². The maximum Gasteiger partial charge on any atom is 0.321 e. The van der Waals surface area contributed by atoms with E-state index in [4.69, 9.17) is 0 Å². The van der Waals surface area contributed by atoms with Crippen LogP contribution in [0.2, 0.25) is 0 Å². The molecule has 0 saturated heterocycles. The van der Waals surface area contributed by atoms with Crippen molar-refractivity contribution in [2.45, 2.75) is 31.2 Å². The summed E-state index contributed by atoms with van der Waals surface area (Å²) < 4.78 is 28.4. The number of hydrogen-bond donors (Lipinski definition) is 2. The molecule has 0 spiro atoms. The molecular formula is C13H17N5O4S. The summed E-state index contributed by atoms with van der Waals surface area (Å²) in [6.45, 7) is 3.64. The minimum Gasteiger partial charge on any atom is -0.480 e. The molecule has 124 valence electrons. The first kappa shape index (κ1) is 17.0. The van der Waals surface area contributed by atoms with Gasteiger partial charge in [0, 0.05) is 0 Å². The van der Waals surface area contributed by atoms with Crippen LogP contribution in [0, 0.1) is 5.92 Å². The number of benzene rings is 1. The van der Waals surface area contributed by atoms with E-state index in [2.05, 4.69) is 20.2 Å². The Morgan fingerprint density at radius 3 is 2.70 bits per heavy atom. The molecule has 0 unspecified atom stereocenters. The van der Waals surface area contributed by atoms with E-state index >= 15 is 0 Å². The number of carboxylic acid groups (broad SMARTS) is 1. The Balaban J connectivity index is 2.29. The zero-order valence-corrected chi connectivity index (χ0v) is 13.4. The summed E-state index contributed by atoms with van der Waals surface area (Å²) in [4.78, 5) is 11.2. The number of carboxylic acids is 1. The van der Waals surface area contributed by atoms with Crippen molar-refractivity contribution in [1.29, 1.82) is 0 Å². The van der Waals surface area contributed by atoms with E-state index in [9.17, 15) is 18.3 Å². The molecule has 2 rings (SSSR count). The van der Waals surface area contributed by atoms with E-state index in [1.54, 1.807) is 6.07 Å². The summed E-state index contributed by atoms with van der Waals surface area (Å²) in [7, 11) is -3.98. The molecule has 9 nitrogen and oxygen atoms in total. The normalized spacial score (nSPS) is 13.2. The summed E-state index contributed by atoms with van der Waals surface area (Å²) in [5.41, 5.74) is 0.452. The lowest BCUT2D eigenvalue weighted by atomic mass is 10.1. The highest BCUT2D eigenvalue weighted by atomic mass is 32.2. The van der Waals surface area contributed by atoms with Crippen LogP contribution in [0.15, 0.2) is 35.5 Å². The quantitative estimate of drug-likeness (QED) is 0.749. The molecule has 0 fully saturated rings. The minimum atomic E-state index is -3.98. The monoisotopic (exact) mass is 339 g/mol. The maximum absolute atomic E-state index is 12.4. The van der Waals surface area contributed by atoms with Gasteiger partial charge in [0.15, 0.2) is 0 Å². The Labute approximate surface area is 133 Å². The van der Waals surface area contributed by atoms with Gasteiger partial charge in [-0.1, -0.05) is 19.9 Å². The van der Waals surface area contributed by atoms with Gasteiger partial charge in [-0.15, -0.1) is 5.10 Å². The Bertz CT molecular complexity index is 773. The van der Waals surface area contributed by atoms with Crippen molar-refractivity contribution in [2.75, 3.05) is 0 Å². The third-order valence-corrected chi connectivity index (χ3v) is 4.51. The van der Waals surface area contributed by atoms with Gasteiger partial charge in [0.25, 0.3) is 0 Å². The summed E-state index contributed by atoms with van der Waals surface area (Å²) in [5.74, 6) is -1.18. The number of rotatable bonds is 7. The first-order valence-corrected chi connectivity index (χ1v) is 8.36. The Morgan fingerprint density at radius 1 is 1.39 bits per heavy atom. The second kappa shape index (κ2) is 6.84. The molecule has 10 heteroatoms.